The Morgan fingerprint density at radius 2 is 1.41 bits per heavy atom. The molecule has 4 heteroatoms. The fourth-order valence-corrected chi connectivity index (χ4v) is 3.91. The van der Waals surface area contributed by atoms with E-state index in [0.717, 1.165) is 41.5 Å². The molecule has 4 N–H and O–H groups in total. The molecule has 29 heavy (non-hydrogen) atoms. The van der Waals surface area contributed by atoms with E-state index in [2.05, 4.69) is 24.3 Å². The molecular formula is C25H22N2O2. The molecule has 0 fully saturated rings. The van der Waals surface area contributed by atoms with Gasteiger partial charge in [0.1, 0.15) is 23.4 Å². The molecule has 3 aromatic rings. The highest BCUT2D eigenvalue weighted by molar-refractivity contribution is 5.87. The number of nitrogen functional groups attached to an aromatic ring is 2. The monoisotopic (exact) mass is 382 g/mol. The number of anilines is 2. The normalized spacial score (nSPS) is 17.0. The van der Waals surface area contributed by atoms with Gasteiger partial charge in [0, 0.05) is 17.8 Å². The number of allylic oxidation sites excluding steroid dienone is 2. The summed E-state index contributed by atoms with van der Waals surface area (Å²) in [5.74, 6) is 2.46. The Kier molecular flexibility index (Phi) is 4.24. The molecule has 0 amide bonds. The van der Waals surface area contributed by atoms with E-state index in [1.54, 1.807) is 0 Å². The number of rotatable bonds is 4. The van der Waals surface area contributed by atoms with Crippen molar-refractivity contribution in [1.29, 1.82) is 0 Å². The lowest BCUT2D eigenvalue weighted by atomic mass is 9.96. The Labute approximate surface area is 170 Å². The van der Waals surface area contributed by atoms with Crippen molar-refractivity contribution in [3.63, 3.8) is 0 Å². The highest BCUT2D eigenvalue weighted by atomic mass is 16.5. The molecule has 0 aliphatic heterocycles. The average Bonchev–Trinajstić information content (AvgIpc) is 3.08. The molecule has 3 aromatic carbocycles. The zero-order valence-corrected chi connectivity index (χ0v) is 16.0. The lowest BCUT2D eigenvalue weighted by Crippen LogP contribution is -2.16. The predicted octanol–water partition coefficient (Wildman–Crippen LogP) is 5.36. The Morgan fingerprint density at radius 1 is 0.759 bits per heavy atom. The van der Waals surface area contributed by atoms with E-state index in [9.17, 15) is 0 Å². The molecule has 1 unspecified atom stereocenters. The number of fused-ring (bicyclic) bond motifs is 3. The number of ether oxygens (including phenoxy) is 2. The molecule has 2 aliphatic rings. The Bertz CT molecular complexity index is 1110. The maximum atomic E-state index is 6.12. The van der Waals surface area contributed by atoms with Gasteiger partial charge in [-0.1, -0.05) is 12.1 Å². The zero-order chi connectivity index (χ0) is 19.8. The van der Waals surface area contributed by atoms with Crippen molar-refractivity contribution >= 4 is 16.9 Å². The Hall–Kier alpha value is -3.66. The van der Waals surface area contributed by atoms with Gasteiger partial charge in [-0.3, -0.25) is 0 Å². The summed E-state index contributed by atoms with van der Waals surface area (Å²) in [4.78, 5) is 0. The SMILES string of the molecule is Nc1ccc(Oc2ccc3c(c2)CC2=CC(Oc4ccc(N)cc4)CC=C23)cc1. The van der Waals surface area contributed by atoms with Crippen LogP contribution in [0.1, 0.15) is 17.5 Å². The maximum absolute atomic E-state index is 6.12. The van der Waals surface area contributed by atoms with Gasteiger partial charge in [-0.2, -0.15) is 0 Å². The first-order valence-corrected chi connectivity index (χ1v) is 9.74. The quantitative estimate of drug-likeness (QED) is 0.596. The highest BCUT2D eigenvalue weighted by Gasteiger charge is 2.26. The minimum absolute atomic E-state index is 0.0391. The van der Waals surface area contributed by atoms with Crippen molar-refractivity contribution in [3.8, 4) is 17.2 Å². The van der Waals surface area contributed by atoms with Crippen LogP contribution in [0.4, 0.5) is 11.4 Å². The average molecular weight is 382 g/mol. The number of hydrogen-bond acceptors (Lipinski definition) is 4. The Balaban J connectivity index is 1.33. The van der Waals surface area contributed by atoms with Crippen molar-refractivity contribution in [2.45, 2.75) is 18.9 Å². The van der Waals surface area contributed by atoms with Gasteiger partial charge in [-0.25, -0.2) is 0 Å². The van der Waals surface area contributed by atoms with Crippen molar-refractivity contribution in [1.82, 2.24) is 0 Å². The van der Waals surface area contributed by atoms with Crippen LogP contribution in [0, 0.1) is 0 Å². The smallest absolute Gasteiger partial charge is 0.127 e. The van der Waals surface area contributed by atoms with Crippen molar-refractivity contribution < 1.29 is 9.47 Å². The van der Waals surface area contributed by atoms with Crippen LogP contribution in [0.15, 0.2) is 84.5 Å². The van der Waals surface area contributed by atoms with E-state index in [4.69, 9.17) is 20.9 Å². The summed E-state index contributed by atoms with van der Waals surface area (Å²) in [5.41, 5.74) is 18.2. The fraction of sp³-hybridized carbons (Fsp3) is 0.120. The molecule has 4 nitrogen and oxygen atoms in total. The molecule has 0 saturated heterocycles. The van der Waals surface area contributed by atoms with Crippen LogP contribution in [-0.2, 0) is 6.42 Å². The summed E-state index contributed by atoms with van der Waals surface area (Å²) in [5, 5.41) is 0. The standard InChI is InChI=1S/C25H22N2O2/c26-18-1-5-20(6-2-18)28-22-9-11-24-16(14-22)13-17-15-23(10-12-25(17)24)29-21-7-3-19(27)4-8-21/h1-9,11-12,14-15,23H,10,13,26-27H2. The van der Waals surface area contributed by atoms with Crippen molar-refractivity contribution in [3.05, 3.63) is 95.6 Å². The van der Waals surface area contributed by atoms with Crippen LogP contribution >= 0.6 is 0 Å². The molecule has 2 aliphatic carbocycles. The molecule has 0 radical (unpaired) electrons. The van der Waals surface area contributed by atoms with E-state index in [1.165, 1.54) is 22.3 Å². The van der Waals surface area contributed by atoms with Crippen LogP contribution in [-0.4, -0.2) is 6.10 Å². The van der Waals surface area contributed by atoms with Gasteiger partial charge in [0.05, 0.1) is 0 Å². The van der Waals surface area contributed by atoms with Crippen molar-refractivity contribution in [2.24, 2.45) is 0 Å². The zero-order valence-electron chi connectivity index (χ0n) is 16.0. The minimum atomic E-state index is 0.0391. The van der Waals surface area contributed by atoms with Crippen LogP contribution in [0.3, 0.4) is 0 Å². The summed E-state index contributed by atoms with van der Waals surface area (Å²) in [6.45, 7) is 0. The number of hydrogen-bond donors (Lipinski definition) is 2. The largest absolute Gasteiger partial charge is 0.486 e. The lowest BCUT2D eigenvalue weighted by Gasteiger charge is -2.20. The second-order valence-corrected chi connectivity index (χ2v) is 7.44. The van der Waals surface area contributed by atoms with Crippen LogP contribution in [0.5, 0.6) is 17.2 Å². The van der Waals surface area contributed by atoms with E-state index < -0.39 is 0 Å². The Morgan fingerprint density at radius 3 is 2.14 bits per heavy atom. The van der Waals surface area contributed by atoms with Gasteiger partial charge in [-0.05, 0) is 95.4 Å². The fourth-order valence-electron chi connectivity index (χ4n) is 3.91. The summed E-state index contributed by atoms with van der Waals surface area (Å²) in [7, 11) is 0. The van der Waals surface area contributed by atoms with Crippen LogP contribution in [0.2, 0.25) is 0 Å². The lowest BCUT2D eigenvalue weighted by molar-refractivity contribution is 0.251. The molecular weight excluding hydrogens is 360 g/mol. The molecule has 0 spiro atoms. The summed E-state index contributed by atoms with van der Waals surface area (Å²) >= 11 is 0. The van der Waals surface area contributed by atoms with E-state index in [1.807, 2.05) is 54.6 Å². The third-order valence-electron chi connectivity index (χ3n) is 5.32. The summed E-state index contributed by atoms with van der Waals surface area (Å²) in [6, 6.07) is 21.3. The third kappa shape index (κ3) is 3.57. The molecule has 0 aromatic heterocycles. The molecule has 144 valence electrons. The van der Waals surface area contributed by atoms with Gasteiger partial charge in [0.15, 0.2) is 0 Å². The predicted molar refractivity (Wildman–Crippen MR) is 117 cm³/mol. The topological polar surface area (TPSA) is 70.5 Å². The van der Waals surface area contributed by atoms with E-state index >= 15 is 0 Å². The van der Waals surface area contributed by atoms with Gasteiger partial charge in [0.2, 0.25) is 0 Å². The second-order valence-electron chi connectivity index (χ2n) is 7.44. The summed E-state index contributed by atoms with van der Waals surface area (Å²) < 4.78 is 12.1. The van der Waals surface area contributed by atoms with E-state index in [0.29, 0.717) is 0 Å². The number of nitrogens with two attached hydrogens (primary N) is 2. The third-order valence-corrected chi connectivity index (χ3v) is 5.32. The first-order chi connectivity index (χ1) is 14.1. The van der Waals surface area contributed by atoms with Gasteiger partial charge >= 0.3 is 0 Å². The number of benzene rings is 3. The van der Waals surface area contributed by atoms with Crippen LogP contribution < -0.4 is 20.9 Å². The molecule has 5 rings (SSSR count). The maximum Gasteiger partial charge on any atom is 0.127 e. The van der Waals surface area contributed by atoms with Gasteiger partial charge in [0.25, 0.3) is 0 Å². The first-order valence-electron chi connectivity index (χ1n) is 9.74. The molecule has 0 bridgehead atoms. The summed E-state index contributed by atoms with van der Waals surface area (Å²) in [6.07, 6.45) is 6.31. The van der Waals surface area contributed by atoms with Gasteiger partial charge in [-0.15, -0.1) is 0 Å². The van der Waals surface area contributed by atoms with Crippen LogP contribution in [0.25, 0.3) is 5.57 Å². The van der Waals surface area contributed by atoms with Gasteiger partial charge < -0.3 is 20.9 Å². The first kappa shape index (κ1) is 17.4. The molecule has 0 heterocycles. The van der Waals surface area contributed by atoms with E-state index in [-0.39, 0.29) is 6.10 Å². The molecule has 0 saturated carbocycles. The molecule has 1 atom stereocenters. The minimum Gasteiger partial charge on any atom is -0.486 e. The second kappa shape index (κ2) is 7.06. The van der Waals surface area contributed by atoms with Crippen molar-refractivity contribution in [2.75, 3.05) is 11.5 Å². The highest BCUT2D eigenvalue weighted by Crippen LogP contribution is 2.42.